The van der Waals surface area contributed by atoms with E-state index in [1.54, 1.807) is 12.1 Å². The smallest absolute Gasteiger partial charge is 0.264 e. The van der Waals surface area contributed by atoms with Gasteiger partial charge < -0.3 is 72.6 Å². The lowest BCUT2D eigenvalue weighted by atomic mass is 10.0. The summed E-state index contributed by atoms with van der Waals surface area (Å²) in [5, 5.41) is 4.91. The second-order valence-electron chi connectivity index (χ2n) is 14.8. The molecule has 2 aliphatic rings. The molecule has 4 N–H and O–H groups in total. The van der Waals surface area contributed by atoms with E-state index in [1.165, 1.54) is 6.07 Å². The van der Waals surface area contributed by atoms with E-state index in [1.807, 2.05) is 0 Å². The molecule has 2 heterocycles. The third-order valence-electron chi connectivity index (χ3n) is 9.66. The summed E-state index contributed by atoms with van der Waals surface area (Å²) in [7, 11) is 0. The number of amides is 5. The van der Waals surface area contributed by atoms with Gasteiger partial charge in [-0.2, -0.15) is 0 Å². The molecule has 1 saturated heterocycles. The monoisotopic (exact) mass is 958 g/mol. The van der Waals surface area contributed by atoms with Crippen molar-refractivity contribution in [3.8, 4) is 0 Å². The molecule has 3 rings (SSSR count). The molecule has 0 aromatic heterocycles. The summed E-state index contributed by atoms with van der Waals surface area (Å²) in [6, 6.07) is 3.52. The first-order valence-corrected chi connectivity index (χ1v) is 23.3. The molecule has 1 unspecified atom stereocenters. The summed E-state index contributed by atoms with van der Waals surface area (Å²) in [5.41, 5.74) is 5.71. The standard InChI is InChI=1S/C45H74N4O18/c46-10-12-56-14-16-58-18-20-60-22-24-62-26-28-64-30-32-66-34-36-67-35-33-65-31-29-63-27-25-61-23-21-59-19-17-57-15-13-55-11-3-1-2-7-40(50)47-38-6-4-5-37-42(38)45(54)49(44(37)53)39-8-9-41(51)48-43(39)52/h4-6,39H,1-3,7-36,46H2,(H,47,50)(H,48,51,52). The second-order valence-corrected chi connectivity index (χ2v) is 14.8. The zero-order valence-corrected chi connectivity index (χ0v) is 39.0. The molecule has 1 atom stereocenters. The molecule has 0 aliphatic carbocycles. The fourth-order valence-electron chi connectivity index (χ4n) is 6.32. The Morgan fingerprint density at radius 1 is 0.522 bits per heavy atom. The average molecular weight is 959 g/mol. The van der Waals surface area contributed by atoms with Gasteiger partial charge in [0.15, 0.2) is 0 Å². The van der Waals surface area contributed by atoms with Gasteiger partial charge in [0.05, 0.1) is 182 Å². The number of nitrogens with zero attached hydrogens (tertiary/aromatic N) is 1. The number of anilines is 1. The molecule has 0 radical (unpaired) electrons. The Labute approximate surface area is 393 Å². The number of benzene rings is 1. The first kappa shape index (κ1) is 57.7. The normalized spacial score (nSPS) is 14.9. The number of imide groups is 2. The summed E-state index contributed by atoms with van der Waals surface area (Å²) in [5.74, 6) is -2.73. The van der Waals surface area contributed by atoms with Crippen molar-refractivity contribution in [1.82, 2.24) is 10.2 Å². The number of ether oxygens (including phenoxy) is 13. The van der Waals surface area contributed by atoms with Crippen LogP contribution in [0.2, 0.25) is 0 Å². The maximum Gasteiger partial charge on any atom is 0.264 e. The van der Waals surface area contributed by atoms with Gasteiger partial charge in [0.2, 0.25) is 17.7 Å². The predicted octanol–water partition coefficient (Wildman–Crippen LogP) is 0.761. The molecular weight excluding hydrogens is 885 g/mol. The minimum Gasteiger partial charge on any atom is -0.379 e. The van der Waals surface area contributed by atoms with Crippen molar-refractivity contribution < 1.29 is 85.6 Å². The van der Waals surface area contributed by atoms with E-state index in [0.717, 1.165) is 17.7 Å². The lowest BCUT2D eigenvalue weighted by Gasteiger charge is -2.27. The maximum absolute atomic E-state index is 13.2. The Kier molecular flexibility index (Phi) is 33.8. The van der Waals surface area contributed by atoms with E-state index in [2.05, 4.69) is 10.6 Å². The number of nitrogens with one attached hydrogen (secondary N) is 2. The Hall–Kier alpha value is -3.59. The van der Waals surface area contributed by atoms with E-state index >= 15 is 0 Å². The summed E-state index contributed by atoms with van der Waals surface area (Å²) in [6.45, 7) is 13.1. The molecule has 1 aromatic rings. The van der Waals surface area contributed by atoms with E-state index in [4.69, 9.17) is 67.3 Å². The lowest BCUT2D eigenvalue weighted by molar-refractivity contribution is -0.136. The number of hydrogen-bond donors (Lipinski definition) is 3. The Morgan fingerprint density at radius 2 is 0.910 bits per heavy atom. The van der Waals surface area contributed by atoms with Crippen LogP contribution in [0.15, 0.2) is 18.2 Å². The number of unbranched alkanes of at least 4 members (excludes halogenated alkanes) is 2. The minimum absolute atomic E-state index is 0.0256. The fraction of sp³-hybridized carbons (Fsp3) is 0.756. The average Bonchev–Trinajstić information content (AvgIpc) is 3.57. The van der Waals surface area contributed by atoms with Gasteiger partial charge in [0.1, 0.15) is 6.04 Å². The Morgan fingerprint density at radius 3 is 1.30 bits per heavy atom. The van der Waals surface area contributed by atoms with Gasteiger partial charge in [0, 0.05) is 26.0 Å². The van der Waals surface area contributed by atoms with Crippen molar-refractivity contribution in [3.63, 3.8) is 0 Å². The highest BCUT2D eigenvalue weighted by molar-refractivity contribution is 6.26. The zero-order valence-electron chi connectivity index (χ0n) is 39.0. The quantitative estimate of drug-likeness (QED) is 0.0602. The summed E-state index contributed by atoms with van der Waals surface area (Å²) < 4.78 is 71.1. The van der Waals surface area contributed by atoms with Crippen LogP contribution in [-0.4, -0.2) is 219 Å². The van der Waals surface area contributed by atoms with E-state index in [9.17, 15) is 24.0 Å². The first-order chi connectivity index (χ1) is 32.9. The van der Waals surface area contributed by atoms with Gasteiger partial charge in [0.25, 0.3) is 11.8 Å². The van der Waals surface area contributed by atoms with Gasteiger partial charge in [-0.25, -0.2) is 0 Å². The molecule has 382 valence electrons. The highest BCUT2D eigenvalue weighted by Crippen LogP contribution is 2.32. The number of carbonyl (C=O) groups excluding carboxylic acids is 5. The maximum atomic E-state index is 13.2. The van der Waals surface area contributed by atoms with Crippen LogP contribution in [0, 0.1) is 0 Å². The Balaban J connectivity index is 0.960. The summed E-state index contributed by atoms with van der Waals surface area (Å²) in [4.78, 5) is 63.6. The second kappa shape index (κ2) is 39.3. The third-order valence-corrected chi connectivity index (χ3v) is 9.66. The van der Waals surface area contributed by atoms with Gasteiger partial charge in [-0.1, -0.05) is 12.5 Å². The predicted molar refractivity (Wildman–Crippen MR) is 240 cm³/mol. The molecule has 1 fully saturated rings. The van der Waals surface area contributed by atoms with E-state index in [-0.39, 0.29) is 42.0 Å². The molecule has 5 amide bonds. The van der Waals surface area contributed by atoms with Crippen LogP contribution < -0.4 is 16.4 Å². The number of fused-ring (bicyclic) bond motifs is 1. The molecule has 22 heteroatoms. The Bertz CT molecular complexity index is 1510. The van der Waals surface area contributed by atoms with Crippen molar-refractivity contribution in [2.45, 2.75) is 44.6 Å². The lowest BCUT2D eigenvalue weighted by Crippen LogP contribution is -2.54. The molecule has 67 heavy (non-hydrogen) atoms. The molecule has 0 spiro atoms. The van der Waals surface area contributed by atoms with Crippen LogP contribution in [-0.2, 0) is 76.0 Å². The van der Waals surface area contributed by atoms with Crippen LogP contribution in [0.4, 0.5) is 5.69 Å². The molecule has 0 bridgehead atoms. The molecule has 1 aromatic carbocycles. The molecule has 0 saturated carbocycles. The van der Waals surface area contributed by atoms with Crippen LogP contribution in [0.3, 0.4) is 0 Å². The fourth-order valence-corrected chi connectivity index (χ4v) is 6.32. The molecule has 2 aliphatic heterocycles. The number of rotatable bonds is 46. The third kappa shape index (κ3) is 26.7. The minimum atomic E-state index is -1.08. The van der Waals surface area contributed by atoms with Gasteiger partial charge in [-0.05, 0) is 31.4 Å². The van der Waals surface area contributed by atoms with Crippen LogP contribution in [0.1, 0.15) is 59.2 Å². The SMILES string of the molecule is NCCOCCOCCOCCOCCOCCOCCOCCOCCOCCOCCOCCOCCOCCCCCC(=O)Nc1cccc2c1C(=O)N(C1CCC(=O)NC1=O)C2=O. The van der Waals surface area contributed by atoms with Crippen molar-refractivity contribution in [1.29, 1.82) is 0 Å². The van der Waals surface area contributed by atoms with Crippen molar-refractivity contribution >= 4 is 35.2 Å². The first-order valence-electron chi connectivity index (χ1n) is 23.3. The van der Waals surface area contributed by atoms with Crippen molar-refractivity contribution in [2.75, 3.05) is 184 Å². The highest BCUT2D eigenvalue weighted by atomic mass is 16.6. The van der Waals surface area contributed by atoms with E-state index in [0.29, 0.717) is 185 Å². The summed E-state index contributed by atoms with van der Waals surface area (Å²) >= 11 is 0. The van der Waals surface area contributed by atoms with Crippen molar-refractivity contribution in [2.24, 2.45) is 5.73 Å². The van der Waals surface area contributed by atoms with Crippen LogP contribution in [0.5, 0.6) is 0 Å². The number of piperidine rings is 1. The zero-order chi connectivity index (χ0) is 47.8. The number of hydrogen-bond acceptors (Lipinski definition) is 19. The largest absolute Gasteiger partial charge is 0.379 e. The van der Waals surface area contributed by atoms with Gasteiger partial charge in [-0.15, -0.1) is 0 Å². The highest BCUT2D eigenvalue weighted by Gasteiger charge is 2.45. The summed E-state index contributed by atoms with van der Waals surface area (Å²) in [6.07, 6.45) is 2.43. The van der Waals surface area contributed by atoms with E-state index < -0.39 is 29.7 Å². The van der Waals surface area contributed by atoms with Gasteiger partial charge in [-0.3, -0.25) is 34.2 Å². The molecular formula is C45H74N4O18. The molecule has 22 nitrogen and oxygen atoms in total. The topological polar surface area (TPSA) is 259 Å². The van der Waals surface area contributed by atoms with Crippen LogP contribution in [0.25, 0.3) is 0 Å². The van der Waals surface area contributed by atoms with Gasteiger partial charge >= 0.3 is 0 Å². The van der Waals surface area contributed by atoms with Crippen molar-refractivity contribution in [3.05, 3.63) is 29.3 Å². The van der Waals surface area contributed by atoms with Crippen LogP contribution >= 0.6 is 0 Å². The number of carbonyl (C=O) groups is 5. The number of nitrogens with two attached hydrogens (primary N) is 1.